The van der Waals surface area contributed by atoms with Crippen molar-refractivity contribution in [2.24, 2.45) is 11.8 Å². The lowest BCUT2D eigenvalue weighted by Gasteiger charge is -2.33. The monoisotopic (exact) mass is 279 g/mol. The summed E-state index contributed by atoms with van der Waals surface area (Å²) in [5.74, 6) is -0.650. The average Bonchev–Trinajstić information content (AvgIpc) is 2.30. The number of amides is 2. The first-order valence-corrected chi connectivity index (χ1v) is 7.05. The van der Waals surface area contributed by atoms with Gasteiger partial charge < -0.3 is 5.11 Å². The van der Waals surface area contributed by atoms with Gasteiger partial charge in [0.05, 0.1) is 5.60 Å². The molecule has 2 fully saturated rings. The molecule has 1 saturated heterocycles. The number of ketones is 1. The third-order valence-corrected chi connectivity index (χ3v) is 4.01. The topological polar surface area (TPSA) is 83.5 Å². The van der Waals surface area contributed by atoms with Crippen LogP contribution in [0.4, 0.5) is 0 Å². The molecule has 0 radical (unpaired) electrons. The van der Waals surface area contributed by atoms with Crippen molar-refractivity contribution >= 4 is 17.6 Å². The lowest BCUT2D eigenvalue weighted by atomic mass is 9.75. The van der Waals surface area contributed by atoms with Crippen molar-refractivity contribution in [3.05, 3.63) is 11.6 Å². The Labute approximate surface area is 118 Å². The summed E-state index contributed by atoms with van der Waals surface area (Å²) in [6, 6.07) is 0. The fourth-order valence-electron chi connectivity index (χ4n) is 3.14. The largest absolute Gasteiger partial charge is 0.390 e. The van der Waals surface area contributed by atoms with Gasteiger partial charge >= 0.3 is 0 Å². The van der Waals surface area contributed by atoms with Crippen LogP contribution in [0.5, 0.6) is 0 Å². The van der Waals surface area contributed by atoms with E-state index in [0.717, 1.165) is 0 Å². The van der Waals surface area contributed by atoms with Crippen LogP contribution in [-0.2, 0) is 14.4 Å². The van der Waals surface area contributed by atoms with Crippen LogP contribution >= 0.6 is 0 Å². The van der Waals surface area contributed by atoms with E-state index in [-0.39, 0.29) is 29.4 Å². The minimum Gasteiger partial charge on any atom is -0.390 e. The molecule has 2 amide bonds. The van der Waals surface area contributed by atoms with Crippen LogP contribution in [0.3, 0.4) is 0 Å². The summed E-state index contributed by atoms with van der Waals surface area (Å²) in [5.41, 5.74) is -0.217. The minimum atomic E-state index is -0.848. The summed E-state index contributed by atoms with van der Waals surface area (Å²) in [6.07, 6.45) is 3.80. The fourth-order valence-corrected chi connectivity index (χ4v) is 3.14. The van der Waals surface area contributed by atoms with Crippen LogP contribution in [0.25, 0.3) is 0 Å². The van der Waals surface area contributed by atoms with Gasteiger partial charge in [0.25, 0.3) is 0 Å². The van der Waals surface area contributed by atoms with E-state index in [9.17, 15) is 19.5 Å². The molecule has 0 aromatic rings. The molecule has 1 saturated carbocycles. The van der Waals surface area contributed by atoms with Crippen molar-refractivity contribution in [1.82, 2.24) is 5.32 Å². The highest BCUT2D eigenvalue weighted by Crippen LogP contribution is 2.34. The first-order valence-electron chi connectivity index (χ1n) is 7.05. The molecule has 1 heterocycles. The van der Waals surface area contributed by atoms with Crippen molar-refractivity contribution in [3.8, 4) is 0 Å². The number of carbonyl (C=O) groups is 3. The molecule has 1 aliphatic carbocycles. The maximum Gasteiger partial charge on any atom is 0.226 e. The first-order chi connectivity index (χ1) is 9.27. The molecule has 2 atom stereocenters. The Hall–Kier alpha value is -1.49. The van der Waals surface area contributed by atoms with Crippen LogP contribution in [0, 0.1) is 11.8 Å². The number of nitrogens with one attached hydrogen (secondary N) is 1. The lowest BCUT2D eigenvalue weighted by molar-refractivity contribution is -0.134. The SMILES string of the molecule is C[C@H]1C[C@](C)(O)C/C(=C\CC2CC(=O)NC(=O)C2)C1=O. The van der Waals surface area contributed by atoms with E-state index in [0.29, 0.717) is 37.7 Å². The molecule has 0 unspecified atom stereocenters. The number of hydrogen-bond donors (Lipinski definition) is 2. The Balaban J connectivity index is 2.04. The summed E-state index contributed by atoms with van der Waals surface area (Å²) in [7, 11) is 0. The van der Waals surface area contributed by atoms with Gasteiger partial charge in [0.1, 0.15) is 0 Å². The van der Waals surface area contributed by atoms with Gasteiger partial charge in [-0.1, -0.05) is 13.0 Å². The van der Waals surface area contributed by atoms with Crippen molar-refractivity contribution < 1.29 is 19.5 Å². The predicted octanol–water partition coefficient (Wildman–Crippen LogP) is 1.11. The predicted molar refractivity (Wildman–Crippen MR) is 72.6 cm³/mol. The normalized spacial score (nSPS) is 34.5. The molecular formula is C15H21NO4. The maximum atomic E-state index is 12.1. The third kappa shape index (κ3) is 3.54. The number of carbonyl (C=O) groups excluding carboxylic acids is 3. The zero-order valence-electron chi connectivity index (χ0n) is 11.9. The van der Waals surface area contributed by atoms with E-state index < -0.39 is 5.60 Å². The van der Waals surface area contributed by atoms with Gasteiger partial charge in [-0.2, -0.15) is 0 Å². The van der Waals surface area contributed by atoms with Crippen LogP contribution in [-0.4, -0.2) is 28.3 Å². The molecule has 0 aromatic carbocycles. The average molecular weight is 279 g/mol. The van der Waals surface area contributed by atoms with Crippen LogP contribution < -0.4 is 5.32 Å². The smallest absolute Gasteiger partial charge is 0.226 e. The second-order valence-electron chi connectivity index (χ2n) is 6.35. The van der Waals surface area contributed by atoms with E-state index in [2.05, 4.69) is 5.32 Å². The number of hydrogen-bond acceptors (Lipinski definition) is 4. The first kappa shape index (κ1) is 14.9. The van der Waals surface area contributed by atoms with Crippen molar-refractivity contribution in [2.45, 2.75) is 51.6 Å². The van der Waals surface area contributed by atoms with Crippen molar-refractivity contribution in [2.75, 3.05) is 0 Å². The van der Waals surface area contributed by atoms with E-state index in [1.165, 1.54) is 0 Å². The van der Waals surface area contributed by atoms with Crippen LogP contribution in [0.15, 0.2) is 11.6 Å². The Morgan fingerprint density at radius 1 is 1.30 bits per heavy atom. The molecule has 5 heteroatoms. The Morgan fingerprint density at radius 3 is 2.50 bits per heavy atom. The summed E-state index contributed by atoms with van der Waals surface area (Å²) < 4.78 is 0. The highest BCUT2D eigenvalue weighted by molar-refractivity contribution is 5.98. The molecule has 0 bridgehead atoms. The number of imide groups is 1. The highest BCUT2D eigenvalue weighted by Gasteiger charge is 2.36. The molecule has 1 aliphatic heterocycles. The van der Waals surface area contributed by atoms with Crippen LogP contribution in [0.1, 0.15) is 46.0 Å². The van der Waals surface area contributed by atoms with Crippen molar-refractivity contribution in [3.63, 3.8) is 0 Å². The minimum absolute atomic E-state index is 0.0428. The number of piperidine rings is 1. The van der Waals surface area contributed by atoms with Gasteiger partial charge in [-0.25, -0.2) is 0 Å². The second kappa shape index (κ2) is 5.48. The van der Waals surface area contributed by atoms with E-state index in [4.69, 9.17) is 0 Å². The molecule has 20 heavy (non-hydrogen) atoms. The molecule has 0 aromatic heterocycles. The Kier molecular flexibility index (Phi) is 4.09. The molecule has 2 rings (SSSR count). The Morgan fingerprint density at radius 2 is 1.90 bits per heavy atom. The van der Waals surface area contributed by atoms with Crippen molar-refractivity contribution in [1.29, 1.82) is 0 Å². The van der Waals surface area contributed by atoms with Gasteiger partial charge in [-0.15, -0.1) is 0 Å². The number of aliphatic hydroxyl groups is 1. The summed E-state index contributed by atoms with van der Waals surface area (Å²) in [5, 5.41) is 12.4. The van der Waals surface area contributed by atoms with Crippen LogP contribution in [0.2, 0.25) is 0 Å². The molecule has 110 valence electrons. The van der Waals surface area contributed by atoms with Gasteiger partial charge in [0.2, 0.25) is 11.8 Å². The molecule has 5 nitrogen and oxygen atoms in total. The molecule has 0 spiro atoms. The maximum absolute atomic E-state index is 12.1. The quantitative estimate of drug-likeness (QED) is 0.586. The van der Waals surface area contributed by atoms with E-state index >= 15 is 0 Å². The standard InChI is InChI=1S/C15H21NO4/c1-9-7-15(2,20)8-11(14(9)19)4-3-10-5-12(17)16-13(18)6-10/h4,9-10,20H,3,5-8H2,1-2H3,(H,16,17,18)/b11-4+/t9-,15-/m0/s1. The number of allylic oxidation sites excluding steroid dienone is 1. The second-order valence-corrected chi connectivity index (χ2v) is 6.35. The molecule has 2 N–H and O–H groups in total. The summed E-state index contributed by atoms with van der Waals surface area (Å²) >= 11 is 0. The fraction of sp³-hybridized carbons (Fsp3) is 0.667. The zero-order valence-corrected chi connectivity index (χ0v) is 11.9. The van der Waals surface area contributed by atoms with E-state index in [1.807, 2.05) is 13.0 Å². The summed E-state index contributed by atoms with van der Waals surface area (Å²) in [4.78, 5) is 34.7. The molecule has 2 aliphatic rings. The molecular weight excluding hydrogens is 258 g/mol. The van der Waals surface area contributed by atoms with E-state index in [1.54, 1.807) is 6.92 Å². The zero-order chi connectivity index (χ0) is 14.9. The number of Topliss-reactive ketones (excluding diaryl/α,β-unsaturated/α-hetero) is 1. The van der Waals surface area contributed by atoms with Gasteiger partial charge in [-0.05, 0) is 31.3 Å². The lowest BCUT2D eigenvalue weighted by Crippen LogP contribution is -2.39. The third-order valence-electron chi connectivity index (χ3n) is 4.01. The van der Waals surface area contributed by atoms with Gasteiger partial charge in [-0.3, -0.25) is 19.7 Å². The van der Waals surface area contributed by atoms with Gasteiger partial charge in [0.15, 0.2) is 5.78 Å². The van der Waals surface area contributed by atoms with Gasteiger partial charge in [0, 0.05) is 25.2 Å². The highest BCUT2D eigenvalue weighted by atomic mass is 16.3. The Bertz CT molecular complexity index is 462. The number of rotatable bonds is 2. The summed E-state index contributed by atoms with van der Waals surface area (Å²) in [6.45, 7) is 3.56.